The second-order valence-corrected chi connectivity index (χ2v) is 5.69. The maximum absolute atomic E-state index is 12.2. The van der Waals surface area contributed by atoms with Crippen LogP contribution in [0.15, 0.2) is 48.5 Å². The number of hydrogen-bond donors (Lipinski definition) is 0. The third-order valence-electron chi connectivity index (χ3n) is 2.83. The first-order chi connectivity index (χ1) is 9.06. The Morgan fingerprint density at radius 1 is 1.05 bits per heavy atom. The van der Waals surface area contributed by atoms with Crippen LogP contribution in [-0.4, -0.2) is 11.9 Å². The van der Waals surface area contributed by atoms with E-state index in [0.717, 1.165) is 9.13 Å². The molecule has 0 aromatic heterocycles. The van der Waals surface area contributed by atoms with Gasteiger partial charge in [-0.3, -0.25) is 4.79 Å². The maximum Gasteiger partial charge on any atom is 0.202 e. The number of hydrogen-bond acceptors (Lipinski definition) is 2. The van der Waals surface area contributed by atoms with Crippen LogP contribution in [0.3, 0.4) is 0 Å². The molecule has 0 N–H and O–H groups in total. The molecular formula is C16H15IO2. The highest BCUT2D eigenvalue weighted by Gasteiger charge is 2.16. The first-order valence-corrected chi connectivity index (χ1v) is 7.17. The summed E-state index contributed by atoms with van der Waals surface area (Å²) in [6, 6.07) is 15.2. The van der Waals surface area contributed by atoms with Crippen LogP contribution in [0.4, 0.5) is 0 Å². The van der Waals surface area contributed by atoms with Crippen LogP contribution in [0, 0.1) is 10.5 Å². The number of ether oxygens (including phenoxy) is 1. The van der Waals surface area contributed by atoms with Gasteiger partial charge in [-0.05, 0) is 60.7 Å². The van der Waals surface area contributed by atoms with Crippen molar-refractivity contribution < 1.29 is 9.53 Å². The summed E-state index contributed by atoms with van der Waals surface area (Å²) in [5, 5.41) is 0. The highest BCUT2D eigenvalue weighted by atomic mass is 127. The molecule has 1 unspecified atom stereocenters. The lowest BCUT2D eigenvalue weighted by Crippen LogP contribution is -2.23. The molecule has 1 atom stereocenters. The zero-order valence-electron chi connectivity index (χ0n) is 10.9. The summed E-state index contributed by atoms with van der Waals surface area (Å²) < 4.78 is 6.80. The molecule has 0 spiro atoms. The Morgan fingerprint density at radius 3 is 2.21 bits per heavy atom. The molecule has 0 saturated carbocycles. The third kappa shape index (κ3) is 3.80. The fourth-order valence-electron chi connectivity index (χ4n) is 1.72. The largest absolute Gasteiger partial charge is 0.483 e. The molecule has 0 aliphatic rings. The number of aryl methyl sites for hydroxylation is 1. The van der Waals surface area contributed by atoms with Crippen LogP contribution in [0.2, 0.25) is 0 Å². The van der Waals surface area contributed by atoms with Crippen molar-refractivity contribution in [3.63, 3.8) is 0 Å². The highest BCUT2D eigenvalue weighted by molar-refractivity contribution is 14.1. The molecular weight excluding hydrogens is 351 g/mol. The van der Waals surface area contributed by atoms with Gasteiger partial charge in [0.25, 0.3) is 0 Å². The fraction of sp³-hybridized carbons (Fsp3) is 0.188. The van der Waals surface area contributed by atoms with Gasteiger partial charge < -0.3 is 4.74 Å². The molecule has 0 radical (unpaired) electrons. The van der Waals surface area contributed by atoms with E-state index in [1.54, 1.807) is 6.92 Å². The van der Waals surface area contributed by atoms with Gasteiger partial charge in [0.15, 0.2) is 6.10 Å². The standard InChI is InChI=1S/C16H15IO2/c1-11-3-5-13(6-4-11)16(18)12(2)19-15-9-7-14(17)8-10-15/h3-10,12H,1-2H3. The van der Waals surface area contributed by atoms with Gasteiger partial charge in [-0.1, -0.05) is 29.8 Å². The van der Waals surface area contributed by atoms with Gasteiger partial charge in [-0.15, -0.1) is 0 Å². The molecule has 0 bridgehead atoms. The van der Waals surface area contributed by atoms with Crippen molar-refractivity contribution in [3.8, 4) is 5.75 Å². The Balaban J connectivity index is 2.07. The minimum absolute atomic E-state index is 0.00134. The summed E-state index contributed by atoms with van der Waals surface area (Å²) in [6.45, 7) is 3.78. The predicted octanol–water partition coefficient (Wildman–Crippen LogP) is 4.25. The van der Waals surface area contributed by atoms with Gasteiger partial charge in [0.2, 0.25) is 5.78 Å². The van der Waals surface area contributed by atoms with E-state index in [9.17, 15) is 4.79 Å². The second-order valence-electron chi connectivity index (χ2n) is 4.44. The summed E-state index contributed by atoms with van der Waals surface area (Å²) in [5.41, 5.74) is 1.83. The van der Waals surface area contributed by atoms with Crippen molar-refractivity contribution in [3.05, 3.63) is 63.2 Å². The molecule has 98 valence electrons. The maximum atomic E-state index is 12.2. The molecule has 0 fully saturated rings. The van der Waals surface area contributed by atoms with Crippen LogP contribution in [0.25, 0.3) is 0 Å². The molecule has 0 aliphatic carbocycles. The van der Waals surface area contributed by atoms with Gasteiger partial charge in [-0.25, -0.2) is 0 Å². The van der Waals surface area contributed by atoms with E-state index in [4.69, 9.17) is 4.74 Å². The lowest BCUT2D eigenvalue weighted by atomic mass is 10.1. The smallest absolute Gasteiger partial charge is 0.202 e. The minimum atomic E-state index is -0.484. The summed E-state index contributed by atoms with van der Waals surface area (Å²) in [6.07, 6.45) is -0.484. The minimum Gasteiger partial charge on any atom is -0.483 e. The van der Waals surface area contributed by atoms with Gasteiger partial charge in [0.05, 0.1) is 0 Å². The Morgan fingerprint density at radius 2 is 1.63 bits per heavy atom. The Bertz CT molecular complexity index is 558. The SMILES string of the molecule is Cc1ccc(C(=O)C(C)Oc2ccc(I)cc2)cc1. The monoisotopic (exact) mass is 366 g/mol. The second kappa shape index (κ2) is 6.19. The highest BCUT2D eigenvalue weighted by Crippen LogP contribution is 2.16. The van der Waals surface area contributed by atoms with Crippen LogP contribution >= 0.6 is 22.6 Å². The first kappa shape index (κ1) is 14.1. The summed E-state index contributed by atoms with van der Waals surface area (Å²) in [7, 11) is 0. The van der Waals surface area contributed by atoms with Crippen LogP contribution in [0.5, 0.6) is 5.75 Å². The van der Waals surface area contributed by atoms with Crippen molar-refractivity contribution in [1.82, 2.24) is 0 Å². The Labute approximate surface area is 126 Å². The van der Waals surface area contributed by atoms with Crippen LogP contribution < -0.4 is 4.74 Å². The van der Waals surface area contributed by atoms with E-state index >= 15 is 0 Å². The molecule has 19 heavy (non-hydrogen) atoms. The van der Waals surface area contributed by atoms with Gasteiger partial charge in [0.1, 0.15) is 5.75 Å². The van der Waals surface area contributed by atoms with E-state index in [-0.39, 0.29) is 5.78 Å². The van der Waals surface area contributed by atoms with Gasteiger partial charge in [-0.2, -0.15) is 0 Å². The zero-order chi connectivity index (χ0) is 13.8. The number of carbonyl (C=O) groups is 1. The lowest BCUT2D eigenvalue weighted by molar-refractivity contribution is 0.0818. The van der Waals surface area contributed by atoms with Crippen LogP contribution in [0.1, 0.15) is 22.8 Å². The average molecular weight is 366 g/mol. The summed E-state index contributed by atoms with van der Waals surface area (Å²) in [5.74, 6) is 0.715. The van der Waals surface area contributed by atoms with Crippen molar-refractivity contribution in [2.45, 2.75) is 20.0 Å². The van der Waals surface area contributed by atoms with E-state index in [0.29, 0.717) is 11.3 Å². The molecule has 2 aromatic rings. The van der Waals surface area contributed by atoms with Crippen molar-refractivity contribution in [2.24, 2.45) is 0 Å². The summed E-state index contributed by atoms with van der Waals surface area (Å²) >= 11 is 2.23. The fourth-order valence-corrected chi connectivity index (χ4v) is 2.08. The molecule has 0 aliphatic heterocycles. The number of benzene rings is 2. The van der Waals surface area contributed by atoms with Crippen molar-refractivity contribution in [2.75, 3.05) is 0 Å². The number of carbonyl (C=O) groups excluding carboxylic acids is 1. The molecule has 0 heterocycles. The predicted molar refractivity (Wildman–Crippen MR) is 84.8 cm³/mol. The van der Waals surface area contributed by atoms with Crippen LogP contribution in [-0.2, 0) is 0 Å². The Hall–Kier alpha value is -1.36. The van der Waals surface area contributed by atoms with Gasteiger partial charge in [0, 0.05) is 9.13 Å². The van der Waals surface area contributed by atoms with Gasteiger partial charge >= 0.3 is 0 Å². The quantitative estimate of drug-likeness (QED) is 0.597. The molecule has 3 heteroatoms. The normalized spacial score (nSPS) is 11.9. The topological polar surface area (TPSA) is 26.3 Å². The Kier molecular flexibility index (Phi) is 4.58. The van der Waals surface area contributed by atoms with E-state index < -0.39 is 6.10 Å². The number of halogens is 1. The number of Topliss-reactive ketones (excluding diaryl/α,β-unsaturated/α-hetero) is 1. The van der Waals surface area contributed by atoms with Crippen molar-refractivity contribution >= 4 is 28.4 Å². The third-order valence-corrected chi connectivity index (χ3v) is 3.55. The number of rotatable bonds is 4. The molecule has 0 saturated heterocycles. The van der Waals surface area contributed by atoms with E-state index in [1.165, 1.54) is 0 Å². The van der Waals surface area contributed by atoms with Crippen molar-refractivity contribution in [1.29, 1.82) is 0 Å². The lowest BCUT2D eigenvalue weighted by Gasteiger charge is -2.13. The summed E-state index contributed by atoms with van der Waals surface area (Å²) in [4.78, 5) is 12.2. The molecule has 0 amide bonds. The van der Waals surface area contributed by atoms with E-state index in [1.807, 2.05) is 55.5 Å². The first-order valence-electron chi connectivity index (χ1n) is 6.09. The average Bonchev–Trinajstić information content (AvgIpc) is 2.41. The molecule has 2 nitrogen and oxygen atoms in total. The molecule has 2 rings (SSSR count). The van der Waals surface area contributed by atoms with E-state index in [2.05, 4.69) is 22.6 Å². The molecule has 2 aromatic carbocycles. The zero-order valence-corrected chi connectivity index (χ0v) is 13.0. The number of ketones is 1.